The van der Waals surface area contributed by atoms with E-state index in [0.29, 0.717) is 6.61 Å². The van der Waals surface area contributed by atoms with Gasteiger partial charge >= 0.3 is 0 Å². The van der Waals surface area contributed by atoms with Crippen molar-refractivity contribution >= 4 is 0 Å². The van der Waals surface area contributed by atoms with Gasteiger partial charge in [-0.1, -0.05) is 20.8 Å². The first-order valence-electron chi connectivity index (χ1n) is 4.42. The molecule has 1 aliphatic rings. The Bertz CT molecular complexity index is 139. The summed E-state index contributed by atoms with van der Waals surface area (Å²) in [7, 11) is 0. The van der Waals surface area contributed by atoms with Gasteiger partial charge in [-0.2, -0.15) is 0 Å². The number of hydrogen-bond donors (Lipinski definition) is 1. The SMILES string of the molecule is CC(C)(C)[C@H]1OCC[C@@H](CO)O1. The molecule has 1 rings (SSSR count). The second kappa shape index (κ2) is 3.73. The van der Waals surface area contributed by atoms with E-state index in [1.807, 2.05) is 0 Å². The molecule has 0 aromatic carbocycles. The lowest BCUT2D eigenvalue weighted by Gasteiger charge is -2.37. The van der Waals surface area contributed by atoms with Crippen LogP contribution in [0.2, 0.25) is 0 Å². The van der Waals surface area contributed by atoms with Gasteiger partial charge in [0, 0.05) is 5.41 Å². The Kier molecular flexibility index (Phi) is 3.09. The van der Waals surface area contributed by atoms with Crippen molar-refractivity contribution in [3.63, 3.8) is 0 Å². The molecule has 0 amide bonds. The van der Waals surface area contributed by atoms with E-state index in [-0.39, 0.29) is 24.4 Å². The molecule has 1 heterocycles. The van der Waals surface area contributed by atoms with Crippen LogP contribution in [0.4, 0.5) is 0 Å². The highest BCUT2D eigenvalue weighted by Gasteiger charge is 2.31. The third-order valence-electron chi connectivity index (χ3n) is 1.94. The summed E-state index contributed by atoms with van der Waals surface area (Å²) < 4.78 is 11.0. The lowest BCUT2D eigenvalue weighted by molar-refractivity contribution is -0.257. The predicted molar refractivity (Wildman–Crippen MR) is 45.8 cm³/mol. The van der Waals surface area contributed by atoms with Gasteiger partial charge in [-0.15, -0.1) is 0 Å². The quantitative estimate of drug-likeness (QED) is 0.648. The Morgan fingerprint density at radius 1 is 1.42 bits per heavy atom. The molecule has 3 nitrogen and oxygen atoms in total. The Morgan fingerprint density at radius 2 is 2.08 bits per heavy atom. The summed E-state index contributed by atoms with van der Waals surface area (Å²) in [5.41, 5.74) is -0.00611. The van der Waals surface area contributed by atoms with Crippen LogP contribution in [0.25, 0.3) is 0 Å². The van der Waals surface area contributed by atoms with Gasteiger partial charge in [0.15, 0.2) is 6.29 Å². The summed E-state index contributed by atoms with van der Waals surface area (Å²) in [5.74, 6) is 0. The van der Waals surface area contributed by atoms with Gasteiger partial charge in [-0.25, -0.2) is 0 Å². The maximum absolute atomic E-state index is 8.89. The van der Waals surface area contributed by atoms with Crippen LogP contribution in [0.3, 0.4) is 0 Å². The number of aliphatic hydroxyl groups excluding tert-OH is 1. The van der Waals surface area contributed by atoms with Gasteiger partial charge in [0.25, 0.3) is 0 Å². The Hall–Kier alpha value is -0.120. The van der Waals surface area contributed by atoms with E-state index in [1.54, 1.807) is 0 Å². The molecular formula is C9H18O3. The maximum Gasteiger partial charge on any atom is 0.162 e. The molecule has 3 heteroatoms. The monoisotopic (exact) mass is 174 g/mol. The molecule has 0 unspecified atom stereocenters. The highest BCUT2D eigenvalue weighted by Crippen LogP contribution is 2.27. The maximum atomic E-state index is 8.89. The standard InChI is InChI=1S/C9H18O3/c1-9(2,3)8-11-5-4-7(6-10)12-8/h7-8,10H,4-6H2,1-3H3/t7-,8-/m0/s1. The first kappa shape index (κ1) is 9.96. The molecule has 0 radical (unpaired) electrons. The van der Waals surface area contributed by atoms with E-state index in [2.05, 4.69) is 20.8 Å². The van der Waals surface area contributed by atoms with E-state index in [9.17, 15) is 0 Å². The number of aliphatic hydroxyl groups is 1. The van der Waals surface area contributed by atoms with Crippen LogP contribution in [0.1, 0.15) is 27.2 Å². The van der Waals surface area contributed by atoms with E-state index in [1.165, 1.54) is 0 Å². The molecule has 1 N–H and O–H groups in total. The molecular weight excluding hydrogens is 156 g/mol. The first-order valence-corrected chi connectivity index (χ1v) is 4.42. The average molecular weight is 174 g/mol. The normalized spacial score (nSPS) is 32.0. The Morgan fingerprint density at radius 3 is 2.58 bits per heavy atom. The van der Waals surface area contributed by atoms with Crippen molar-refractivity contribution in [3.05, 3.63) is 0 Å². The fourth-order valence-corrected chi connectivity index (χ4v) is 1.18. The minimum atomic E-state index is -0.177. The van der Waals surface area contributed by atoms with Gasteiger partial charge in [0.1, 0.15) is 0 Å². The van der Waals surface area contributed by atoms with Crippen molar-refractivity contribution in [3.8, 4) is 0 Å². The minimum Gasteiger partial charge on any atom is -0.394 e. The molecule has 0 spiro atoms. The second-order valence-electron chi connectivity index (χ2n) is 4.30. The van der Waals surface area contributed by atoms with Crippen LogP contribution >= 0.6 is 0 Å². The molecule has 0 saturated carbocycles. The van der Waals surface area contributed by atoms with Crippen LogP contribution in [-0.4, -0.2) is 30.7 Å². The lowest BCUT2D eigenvalue weighted by atomic mass is 9.95. The Balaban J connectivity index is 2.46. The lowest BCUT2D eigenvalue weighted by Crippen LogP contribution is -2.41. The summed E-state index contributed by atoms with van der Waals surface area (Å²) in [4.78, 5) is 0. The fourth-order valence-electron chi connectivity index (χ4n) is 1.18. The zero-order valence-electron chi connectivity index (χ0n) is 8.04. The Labute approximate surface area is 73.7 Å². The van der Waals surface area contributed by atoms with Crippen LogP contribution < -0.4 is 0 Å². The van der Waals surface area contributed by atoms with Crippen molar-refractivity contribution in [2.45, 2.75) is 39.6 Å². The number of rotatable bonds is 1. The molecule has 2 atom stereocenters. The summed E-state index contributed by atoms with van der Waals surface area (Å²) in [6.07, 6.45) is 0.578. The number of hydrogen-bond acceptors (Lipinski definition) is 3. The van der Waals surface area contributed by atoms with Crippen molar-refractivity contribution < 1.29 is 14.6 Å². The molecule has 0 aromatic heterocycles. The van der Waals surface area contributed by atoms with E-state index < -0.39 is 0 Å². The zero-order valence-corrected chi connectivity index (χ0v) is 8.04. The molecule has 0 aromatic rings. The van der Waals surface area contributed by atoms with Gasteiger partial charge in [-0.05, 0) is 6.42 Å². The van der Waals surface area contributed by atoms with Crippen LogP contribution in [0.5, 0.6) is 0 Å². The van der Waals surface area contributed by atoms with Crippen LogP contribution in [-0.2, 0) is 9.47 Å². The molecule has 72 valence electrons. The van der Waals surface area contributed by atoms with E-state index in [4.69, 9.17) is 14.6 Å². The van der Waals surface area contributed by atoms with E-state index >= 15 is 0 Å². The van der Waals surface area contributed by atoms with Crippen molar-refractivity contribution in [2.75, 3.05) is 13.2 Å². The summed E-state index contributed by atoms with van der Waals surface area (Å²) in [5, 5.41) is 8.89. The van der Waals surface area contributed by atoms with Crippen molar-refractivity contribution in [1.29, 1.82) is 0 Å². The van der Waals surface area contributed by atoms with Crippen LogP contribution in [0.15, 0.2) is 0 Å². The largest absolute Gasteiger partial charge is 0.394 e. The fraction of sp³-hybridized carbons (Fsp3) is 1.00. The average Bonchev–Trinajstić information content (AvgIpc) is 2.03. The van der Waals surface area contributed by atoms with Gasteiger partial charge in [-0.3, -0.25) is 0 Å². The first-order chi connectivity index (χ1) is 5.54. The summed E-state index contributed by atoms with van der Waals surface area (Å²) >= 11 is 0. The third kappa shape index (κ3) is 2.44. The smallest absolute Gasteiger partial charge is 0.162 e. The van der Waals surface area contributed by atoms with Gasteiger partial charge < -0.3 is 14.6 Å². The molecule has 1 aliphatic heterocycles. The molecule has 0 aliphatic carbocycles. The van der Waals surface area contributed by atoms with Crippen molar-refractivity contribution in [2.24, 2.45) is 5.41 Å². The summed E-state index contributed by atoms with van der Waals surface area (Å²) in [6, 6.07) is 0. The van der Waals surface area contributed by atoms with Gasteiger partial charge in [0.2, 0.25) is 0 Å². The topological polar surface area (TPSA) is 38.7 Å². The molecule has 1 saturated heterocycles. The summed E-state index contributed by atoms with van der Waals surface area (Å²) in [6.45, 7) is 6.98. The van der Waals surface area contributed by atoms with E-state index in [0.717, 1.165) is 6.42 Å². The third-order valence-corrected chi connectivity index (χ3v) is 1.94. The number of ether oxygens (including phenoxy) is 2. The highest BCUT2D eigenvalue weighted by atomic mass is 16.7. The molecule has 12 heavy (non-hydrogen) atoms. The minimum absolute atomic E-state index is 0.00611. The van der Waals surface area contributed by atoms with Crippen molar-refractivity contribution in [1.82, 2.24) is 0 Å². The zero-order chi connectivity index (χ0) is 9.19. The van der Waals surface area contributed by atoms with Crippen LogP contribution in [0, 0.1) is 5.41 Å². The highest BCUT2D eigenvalue weighted by molar-refractivity contribution is 4.72. The second-order valence-corrected chi connectivity index (χ2v) is 4.30. The predicted octanol–water partition coefficient (Wildman–Crippen LogP) is 1.16. The molecule has 0 bridgehead atoms. The molecule has 1 fully saturated rings. The van der Waals surface area contributed by atoms with Gasteiger partial charge in [0.05, 0.1) is 19.3 Å².